The Kier molecular flexibility index (Phi) is 6.71. The number of aldehydes is 1. The molecule has 0 bridgehead atoms. The summed E-state index contributed by atoms with van der Waals surface area (Å²) in [7, 11) is 1.46. The zero-order chi connectivity index (χ0) is 23.7. The van der Waals surface area contributed by atoms with Crippen molar-refractivity contribution in [1.29, 1.82) is 0 Å². The second kappa shape index (κ2) is 9.52. The quantitative estimate of drug-likeness (QED) is 0.519. The lowest BCUT2D eigenvalue weighted by Gasteiger charge is -2.42. The second-order valence-corrected chi connectivity index (χ2v) is 8.77. The minimum absolute atomic E-state index is 0.0170. The normalized spacial score (nSPS) is 26.0. The van der Waals surface area contributed by atoms with E-state index in [0.717, 1.165) is 25.7 Å². The van der Waals surface area contributed by atoms with Crippen molar-refractivity contribution in [2.24, 2.45) is 0 Å². The Balaban J connectivity index is 1.82. The minimum Gasteiger partial charge on any atom is -0.493 e. The molecule has 3 aliphatic rings. The number of rotatable bonds is 7. The molecule has 9 nitrogen and oxygen atoms in total. The Labute approximate surface area is 192 Å². The molecule has 3 N–H and O–H groups in total. The maximum Gasteiger partial charge on any atom is 0.247 e. The van der Waals surface area contributed by atoms with Crippen molar-refractivity contribution in [3.05, 3.63) is 34.9 Å². The zero-order valence-electron chi connectivity index (χ0n) is 18.8. The fourth-order valence-electron chi connectivity index (χ4n) is 5.42. The SMILES string of the molecule is COc1cc(C=O)cc2c1OC1C2C(C(=O)NCCO)=CC(N(C(C)=O)C2CCCC2)C1O. The van der Waals surface area contributed by atoms with Crippen molar-refractivity contribution in [1.82, 2.24) is 10.2 Å². The van der Waals surface area contributed by atoms with Crippen molar-refractivity contribution in [3.63, 3.8) is 0 Å². The summed E-state index contributed by atoms with van der Waals surface area (Å²) in [5, 5.41) is 23.3. The van der Waals surface area contributed by atoms with Gasteiger partial charge in [0.05, 0.1) is 25.7 Å². The third-order valence-corrected chi connectivity index (χ3v) is 6.81. The number of carbonyl (C=O) groups is 3. The molecule has 0 aromatic heterocycles. The van der Waals surface area contributed by atoms with Crippen molar-refractivity contribution < 1.29 is 34.1 Å². The molecule has 4 rings (SSSR count). The lowest BCUT2D eigenvalue weighted by molar-refractivity contribution is -0.138. The van der Waals surface area contributed by atoms with E-state index >= 15 is 0 Å². The number of methoxy groups -OCH3 is 1. The molecule has 1 heterocycles. The molecule has 33 heavy (non-hydrogen) atoms. The van der Waals surface area contributed by atoms with Crippen LogP contribution in [0.2, 0.25) is 0 Å². The van der Waals surface area contributed by atoms with Crippen LogP contribution in [0.25, 0.3) is 0 Å². The van der Waals surface area contributed by atoms with E-state index in [-0.39, 0.29) is 25.1 Å². The summed E-state index contributed by atoms with van der Waals surface area (Å²) >= 11 is 0. The average molecular weight is 459 g/mol. The van der Waals surface area contributed by atoms with Crippen LogP contribution in [0.1, 0.15) is 54.4 Å². The minimum atomic E-state index is -1.09. The highest BCUT2D eigenvalue weighted by molar-refractivity contribution is 5.96. The molecule has 1 aromatic carbocycles. The number of nitrogens with zero attached hydrogens (tertiary/aromatic N) is 1. The number of fused-ring (bicyclic) bond motifs is 3. The van der Waals surface area contributed by atoms with E-state index in [1.54, 1.807) is 23.1 Å². The largest absolute Gasteiger partial charge is 0.493 e. The summed E-state index contributed by atoms with van der Waals surface area (Å²) in [6, 6.07) is 2.42. The van der Waals surface area contributed by atoms with Crippen LogP contribution in [-0.4, -0.2) is 77.8 Å². The van der Waals surface area contributed by atoms with E-state index in [1.165, 1.54) is 14.0 Å². The number of hydrogen-bond acceptors (Lipinski definition) is 7. The first-order valence-corrected chi connectivity index (χ1v) is 11.3. The second-order valence-electron chi connectivity index (χ2n) is 8.77. The predicted octanol–water partition coefficient (Wildman–Crippen LogP) is 0.921. The summed E-state index contributed by atoms with van der Waals surface area (Å²) < 4.78 is 11.6. The van der Waals surface area contributed by atoms with Crippen molar-refractivity contribution >= 4 is 18.1 Å². The van der Waals surface area contributed by atoms with Crippen LogP contribution in [-0.2, 0) is 9.59 Å². The monoisotopic (exact) mass is 458 g/mol. The Hall–Kier alpha value is -2.91. The molecular formula is C24H30N2O7. The van der Waals surface area contributed by atoms with Gasteiger partial charge in [0, 0.05) is 36.2 Å². The van der Waals surface area contributed by atoms with E-state index < -0.39 is 30.1 Å². The third-order valence-electron chi connectivity index (χ3n) is 6.81. The summed E-state index contributed by atoms with van der Waals surface area (Å²) in [4.78, 5) is 39.0. The van der Waals surface area contributed by atoms with Gasteiger partial charge in [-0.25, -0.2) is 0 Å². The fourth-order valence-corrected chi connectivity index (χ4v) is 5.42. The number of aliphatic hydroxyl groups excluding tert-OH is 2. The predicted molar refractivity (Wildman–Crippen MR) is 118 cm³/mol. The average Bonchev–Trinajstić information content (AvgIpc) is 3.46. The van der Waals surface area contributed by atoms with Crippen LogP contribution in [0, 0.1) is 0 Å². The van der Waals surface area contributed by atoms with Crippen LogP contribution in [0.15, 0.2) is 23.8 Å². The lowest BCUT2D eigenvalue weighted by atomic mass is 9.77. The van der Waals surface area contributed by atoms with Gasteiger partial charge >= 0.3 is 0 Å². The molecule has 0 spiro atoms. The van der Waals surface area contributed by atoms with Crippen LogP contribution in [0.4, 0.5) is 0 Å². The lowest BCUT2D eigenvalue weighted by Crippen LogP contribution is -2.57. The maximum atomic E-state index is 13.2. The first-order chi connectivity index (χ1) is 15.9. The zero-order valence-corrected chi connectivity index (χ0v) is 18.8. The highest BCUT2D eigenvalue weighted by atomic mass is 16.5. The highest BCUT2D eigenvalue weighted by Gasteiger charge is 2.52. The molecule has 2 aliphatic carbocycles. The summed E-state index contributed by atoms with van der Waals surface area (Å²) in [6.07, 6.45) is 4.09. The molecule has 1 aliphatic heterocycles. The standard InChI is InChI=1S/C24H30N2O7/c1-13(29)26(15-5-3-4-6-15)18-11-17(24(31)25-7-8-27)20-16-9-14(12-28)10-19(32-2)22(16)33-23(20)21(18)30/h9-12,15,18,20-21,23,27,30H,3-8H2,1-2H3,(H,25,31). The molecule has 1 saturated carbocycles. The Morgan fingerprint density at radius 3 is 2.64 bits per heavy atom. The summed E-state index contributed by atoms with van der Waals surface area (Å²) in [6.45, 7) is 1.31. The van der Waals surface area contributed by atoms with Crippen LogP contribution in [0.5, 0.6) is 11.5 Å². The van der Waals surface area contributed by atoms with Gasteiger partial charge in [-0.3, -0.25) is 14.4 Å². The van der Waals surface area contributed by atoms with E-state index in [1.807, 2.05) is 0 Å². The van der Waals surface area contributed by atoms with Gasteiger partial charge in [-0.2, -0.15) is 0 Å². The number of aliphatic hydroxyl groups is 2. The van der Waals surface area contributed by atoms with Crippen molar-refractivity contribution in [2.45, 2.75) is 62.8 Å². The molecule has 1 aromatic rings. The van der Waals surface area contributed by atoms with Crippen LogP contribution >= 0.6 is 0 Å². The molecular weight excluding hydrogens is 428 g/mol. The molecule has 0 radical (unpaired) electrons. The molecule has 178 valence electrons. The van der Waals surface area contributed by atoms with Gasteiger partial charge in [-0.15, -0.1) is 0 Å². The first-order valence-electron chi connectivity index (χ1n) is 11.3. The van der Waals surface area contributed by atoms with E-state index in [9.17, 15) is 24.6 Å². The van der Waals surface area contributed by atoms with Crippen LogP contribution in [0.3, 0.4) is 0 Å². The number of benzene rings is 1. The van der Waals surface area contributed by atoms with Gasteiger partial charge in [0.15, 0.2) is 11.5 Å². The third kappa shape index (κ3) is 4.11. The highest BCUT2D eigenvalue weighted by Crippen LogP contribution is 2.51. The van der Waals surface area contributed by atoms with Gasteiger partial charge in [-0.05, 0) is 31.1 Å². The molecule has 0 saturated heterocycles. The van der Waals surface area contributed by atoms with E-state index in [0.29, 0.717) is 34.5 Å². The first kappa shape index (κ1) is 23.3. The molecule has 4 atom stereocenters. The van der Waals surface area contributed by atoms with Gasteiger partial charge in [0.2, 0.25) is 11.8 Å². The summed E-state index contributed by atoms with van der Waals surface area (Å²) in [5.41, 5.74) is 1.26. The smallest absolute Gasteiger partial charge is 0.247 e. The van der Waals surface area contributed by atoms with E-state index in [4.69, 9.17) is 9.47 Å². The Morgan fingerprint density at radius 2 is 2.03 bits per heavy atom. The Bertz CT molecular complexity index is 970. The van der Waals surface area contributed by atoms with Gasteiger partial charge in [-0.1, -0.05) is 12.8 Å². The van der Waals surface area contributed by atoms with Gasteiger partial charge < -0.3 is 29.9 Å². The number of carbonyl (C=O) groups excluding carboxylic acids is 3. The van der Waals surface area contributed by atoms with Gasteiger partial charge in [0.25, 0.3) is 0 Å². The molecule has 4 unspecified atom stereocenters. The number of amides is 2. The number of hydrogen-bond donors (Lipinski definition) is 3. The molecule has 2 amide bonds. The number of nitrogens with one attached hydrogen (secondary N) is 1. The fraction of sp³-hybridized carbons (Fsp3) is 0.542. The summed E-state index contributed by atoms with van der Waals surface area (Å²) in [5.74, 6) is -0.544. The number of ether oxygens (including phenoxy) is 2. The molecule has 1 fully saturated rings. The van der Waals surface area contributed by atoms with Crippen LogP contribution < -0.4 is 14.8 Å². The maximum absolute atomic E-state index is 13.2. The Morgan fingerprint density at radius 1 is 1.30 bits per heavy atom. The van der Waals surface area contributed by atoms with E-state index in [2.05, 4.69) is 5.32 Å². The van der Waals surface area contributed by atoms with Crippen molar-refractivity contribution in [3.8, 4) is 11.5 Å². The van der Waals surface area contributed by atoms with Crippen molar-refractivity contribution in [2.75, 3.05) is 20.3 Å². The van der Waals surface area contributed by atoms with Gasteiger partial charge in [0.1, 0.15) is 18.5 Å². The molecule has 9 heteroatoms. The topological polar surface area (TPSA) is 125 Å².